The Morgan fingerprint density at radius 3 is 2.78 bits per heavy atom. The number of nitrogens with zero attached hydrogens (tertiary/aromatic N) is 1. The van der Waals surface area contributed by atoms with Crippen LogP contribution in [0.1, 0.15) is 37.9 Å². The Kier molecular flexibility index (Phi) is 5.26. The van der Waals surface area contributed by atoms with E-state index in [1.165, 1.54) is 6.07 Å². The molecule has 2 rings (SSSR count). The first-order chi connectivity index (χ1) is 10.7. The van der Waals surface area contributed by atoms with Gasteiger partial charge in [0.1, 0.15) is 11.4 Å². The Balaban J connectivity index is 2.19. The van der Waals surface area contributed by atoms with Gasteiger partial charge in [-0.15, -0.1) is 0 Å². The molecule has 0 radical (unpaired) electrons. The predicted molar refractivity (Wildman–Crippen MR) is 85.6 cm³/mol. The molecule has 1 aromatic rings. The molecule has 1 aliphatic heterocycles. The summed E-state index contributed by atoms with van der Waals surface area (Å²) in [6.45, 7) is 8.28. The third-order valence-corrected chi connectivity index (χ3v) is 3.79. The van der Waals surface area contributed by atoms with E-state index in [-0.39, 0.29) is 11.9 Å². The smallest absolute Gasteiger partial charge is 0.410 e. The Hall–Kier alpha value is -1.66. The zero-order valence-corrected chi connectivity index (χ0v) is 14.1. The number of morpholine rings is 1. The highest BCUT2D eigenvalue weighted by Gasteiger charge is 2.35. The van der Waals surface area contributed by atoms with Gasteiger partial charge in [0.15, 0.2) is 0 Å². The second kappa shape index (κ2) is 6.84. The molecule has 2 unspecified atom stereocenters. The average Bonchev–Trinajstić information content (AvgIpc) is 2.47. The second-order valence-corrected chi connectivity index (χ2v) is 6.85. The average molecular weight is 324 g/mol. The lowest BCUT2D eigenvalue weighted by Gasteiger charge is -2.39. The summed E-state index contributed by atoms with van der Waals surface area (Å²) in [5.74, 6) is -0.307. The summed E-state index contributed by atoms with van der Waals surface area (Å²) in [6, 6.07) is 3.96. The number of halogens is 1. The van der Waals surface area contributed by atoms with Crippen LogP contribution in [0.15, 0.2) is 18.2 Å². The quantitative estimate of drug-likeness (QED) is 0.908. The van der Waals surface area contributed by atoms with E-state index in [9.17, 15) is 9.18 Å². The fraction of sp³-hybridized carbons (Fsp3) is 0.588. The lowest BCUT2D eigenvalue weighted by Crippen LogP contribution is -2.54. The van der Waals surface area contributed by atoms with Crippen molar-refractivity contribution in [3.63, 3.8) is 0 Å². The van der Waals surface area contributed by atoms with Crippen molar-refractivity contribution in [2.24, 2.45) is 5.73 Å². The molecule has 1 aliphatic rings. The number of ether oxygens (including phenoxy) is 2. The molecule has 0 aromatic heterocycles. The van der Waals surface area contributed by atoms with Crippen molar-refractivity contribution in [1.82, 2.24) is 4.90 Å². The SMILES string of the molecule is Cc1ccc(C(N)C2COCCN2C(=O)OC(C)(C)C)cc1F. The molecule has 1 amide bonds. The van der Waals surface area contributed by atoms with Gasteiger partial charge in [0.2, 0.25) is 0 Å². The zero-order chi connectivity index (χ0) is 17.2. The largest absolute Gasteiger partial charge is 0.444 e. The van der Waals surface area contributed by atoms with Gasteiger partial charge in [-0.2, -0.15) is 0 Å². The molecule has 128 valence electrons. The van der Waals surface area contributed by atoms with Gasteiger partial charge in [-0.25, -0.2) is 9.18 Å². The van der Waals surface area contributed by atoms with Gasteiger partial charge in [-0.05, 0) is 44.9 Å². The first kappa shape index (κ1) is 17.7. The molecule has 0 spiro atoms. The van der Waals surface area contributed by atoms with Gasteiger partial charge in [-0.3, -0.25) is 4.90 Å². The Morgan fingerprint density at radius 1 is 1.48 bits per heavy atom. The number of amides is 1. The number of carbonyl (C=O) groups excluding carboxylic acids is 1. The molecule has 0 saturated carbocycles. The fourth-order valence-corrected chi connectivity index (χ4v) is 2.51. The highest BCUT2D eigenvalue weighted by molar-refractivity contribution is 5.69. The monoisotopic (exact) mass is 324 g/mol. The van der Waals surface area contributed by atoms with E-state index in [0.717, 1.165) is 0 Å². The lowest BCUT2D eigenvalue weighted by atomic mass is 9.97. The maximum absolute atomic E-state index is 13.8. The van der Waals surface area contributed by atoms with Gasteiger partial charge in [0, 0.05) is 6.54 Å². The Labute approximate surface area is 136 Å². The molecule has 1 fully saturated rings. The first-order valence-electron chi connectivity index (χ1n) is 7.78. The van der Waals surface area contributed by atoms with E-state index in [1.54, 1.807) is 24.0 Å². The summed E-state index contributed by atoms with van der Waals surface area (Å²) in [4.78, 5) is 14.0. The molecular formula is C17H25FN2O3. The van der Waals surface area contributed by atoms with Gasteiger partial charge in [0.05, 0.1) is 25.3 Å². The highest BCUT2D eigenvalue weighted by Crippen LogP contribution is 2.25. The van der Waals surface area contributed by atoms with E-state index in [4.69, 9.17) is 15.2 Å². The molecule has 6 heteroatoms. The van der Waals surface area contributed by atoms with Gasteiger partial charge in [-0.1, -0.05) is 12.1 Å². The number of nitrogens with two attached hydrogens (primary N) is 1. The van der Waals surface area contributed by atoms with Crippen molar-refractivity contribution < 1.29 is 18.7 Å². The van der Waals surface area contributed by atoms with Crippen LogP contribution in [0.5, 0.6) is 0 Å². The second-order valence-electron chi connectivity index (χ2n) is 6.85. The van der Waals surface area contributed by atoms with Crippen molar-refractivity contribution in [2.75, 3.05) is 19.8 Å². The number of carbonyl (C=O) groups is 1. The third kappa shape index (κ3) is 4.42. The van der Waals surface area contributed by atoms with Crippen LogP contribution in [0.2, 0.25) is 0 Å². The zero-order valence-electron chi connectivity index (χ0n) is 14.1. The molecule has 23 heavy (non-hydrogen) atoms. The van der Waals surface area contributed by atoms with Crippen LogP contribution in [0.25, 0.3) is 0 Å². The van der Waals surface area contributed by atoms with Gasteiger partial charge in [0.25, 0.3) is 0 Å². The van der Waals surface area contributed by atoms with Crippen LogP contribution in [0, 0.1) is 12.7 Å². The standard InChI is InChI=1S/C17H25FN2O3/c1-11-5-6-12(9-13(11)18)15(19)14-10-22-8-7-20(14)16(21)23-17(2,3)4/h5-6,9,14-15H,7-8,10,19H2,1-4H3. The van der Waals surface area contributed by atoms with Crippen LogP contribution in [0.4, 0.5) is 9.18 Å². The summed E-state index contributed by atoms with van der Waals surface area (Å²) in [5.41, 5.74) is 6.90. The van der Waals surface area contributed by atoms with Crippen molar-refractivity contribution in [2.45, 2.75) is 45.4 Å². The normalized spacial score (nSPS) is 20.3. The molecule has 0 bridgehead atoms. The highest BCUT2D eigenvalue weighted by atomic mass is 19.1. The first-order valence-corrected chi connectivity index (χ1v) is 7.78. The van der Waals surface area contributed by atoms with Crippen LogP contribution in [-0.2, 0) is 9.47 Å². The van der Waals surface area contributed by atoms with E-state index in [1.807, 2.05) is 20.8 Å². The van der Waals surface area contributed by atoms with Crippen molar-refractivity contribution in [3.05, 3.63) is 35.1 Å². The maximum atomic E-state index is 13.8. The molecule has 2 atom stereocenters. The third-order valence-electron chi connectivity index (χ3n) is 3.79. The number of rotatable bonds is 2. The summed E-state index contributed by atoms with van der Waals surface area (Å²) in [5, 5.41) is 0. The van der Waals surface area contributed by atoms with Crippen LogP contribution in [0.3, 0.4) is 0 Å². The molecule has 1 aromatic carbocycles. The molecule has 0 aliphatic carbocycles. The van der Waals surface area contributed by atoms with E-state index in [0.29, 0.717) is 30.9 Å². The minimum atomic E-state index is -0.583. The summed E-state index contributed by atoms with van der Waals surface area (Å²) < 4.78 is 24.7. The van der Waals surface area contributed by atoms with E-state index in [2.05, 4.69) is 0 Å². The lowest BCUT2D eigenvalue weighted by molar-refractivity contribution is -0.0382. The maximum Gasteiger partial charge on any atom is 0.410 e. The molecule has 2 N–H and O–H groups in total. The van der Waals surface area contributed by atoms with Crippen molar-refractivity contribution >= 4 is 6.09 Å². The minimum absolute atomic E-state index is 0.301. The van der Waals surface area contributed by atoms with Crippen LogP contribution >= 0.6 is 0 Å². The van der Waals surface area contributed by atoms with Crippen LogP contribution < -0.4 is 5.73 Å². The summed E-state index contributed by atoms with van der Waals surface area (Å²) in [6.07, 6.45) is -0.422. The molecule has 5 nitrogen and oxygen atoms in total. The van der Waals surface area contributed by atoms with Gasteiger partial charge < -0.3 is 15.2 Å². The minimum Gasteiger partial charge on any atom is -0.444 e. The van der Waals surface area contributed by atoms with E-state index < -0.39 is 17.7 Å². The Morgan fingerprint density at radius 2 is 2.17 bits per heavy atom. The van der Waals surface area contributed by atoms with Crippen LogP contribution in [-0.4, -0.2) is 42.4 Å². The fourth-order valence-electron chi connectivity index (χ4n) is 2.51. The number of aryl methyl sites for hydroxylation is 1. The van der Waals surface area contributed by atoms with E-state index >= 15 is 0 Å². The summed E-state index contributed by atoms with van der Waals surface area (Å²) >= 11 is 0. The van der Waals surface area contributed by atoms with Gasteiger partial charge >= 0.3 is 6.09 Å². The predicted octanol–water partition coefficient (Wildman–Crippen LogP) is 2.77. The van der Waals surface area contributed by atoms with Crippen molar-refractivity contribution in [1.29, 1.82) is 0 Å². The molecule has 1 saturated heterocycles. The summed E-state index contributed by atoms with van der Waals surface area (Å²) in [7, 11) is 0. The topological polar surface area (TPSA) is 64.8 Å². The number of hydrogen-bond donors (Lipinski definition) is 1. The molecular weight excluding hydrogens is 299 g/mol. The van der Waals surface area contributed by atoms with Crippen molar-refractivity contribution in [3.8, 4) is 0 Å². The number of hydrogen-bond acceptors (Lipinski definition) is 4. The number of benzene rings is 1. The Bertz CT molecular complexity index is 571. The molecule has 1 heterocycles.